The summed E-state index contributed by atoms with van der Waals surface area (Å²) in [5.74, 6) is -0.139. The summed E-state index contributed by atoms with van der Waals surface area (Å²) in [5.41, 5.74) is 1.95. The largest absolute Gasteiger partial charge is 0.465 e. The number of carbonyl (C=O) groups is 2. The molecule has 1 aliphatic heterocycles. The molecule has 5 heteroatoms. The molecule has 0 spiro atoms. The van der Waals surface area contributed by atoms with Crippen LogP contribution in [0.3, 0.4) is 0 Å². The first-order chi connectivity index (χ1) is 11.1. The summed E-state index contributed by atoms with van der Waals surface area (Å²) in [6, 6.07) is 12.5. The molecule has 118 valence electrons. The molecule has 0 aromatic heterocycles. The van der Waals surface area contributed by atoms with Gasteiger partial charge in [-0.2, -0.15) is 0 Å². The van der Waals surface area contributed by atoms with Crippen molar-refractivity contribution in [2.45, 2.75) is 17.7 Å². The van der Waals surface area contributed by atoms with Crippen LogP contribution in [0.15, 0.2) is 47.4 Å². The Hall–Kier alpha value is -1.78. The van der Waals surface area contributed by atoms with Gasteiger partial charge in [0.15, 0.2) is 5.78 Å². The summed E-state index contributed by atoms with van der Waals surface area (Å²) >= 11 is 7.70. The minimum Gasteiger partial charge on any atom is -0.465 e. The first-order valence-corrected chi connectivity index (χ1v) is 8.70. The standard InChI is InChI=1S/C18H15ClO3S/c1-2-22-18(21)15-10-23-17-13(15)8-12(19)9-14(17)16(20)11-6-4-3-5-7-11/h3-9,15H,2,10H2,1H3/t15-/m1/s1. The van der Waals surface area contributed by atoms with Crippen molar-refractivity contribution >= 4 is 35.1 Å². The Morgan fingerprint density at radius 2 is 2.00 bits per heavy atom. The topological polar surface area (TPSA) is 43.4 Å². The van der Waals surface area contributed by atoms with Gasteiger partial charge in [-0.1, -0.05) is 41.9 Å². The van der Waals surface area contributed by atoms with Crippen molar-refractivity contribution in [2.75, 3.05) is 12.4 Å². The molecular formula is C18H15ClO3S. The number of halogens is 1. The van der Waals surface area contributed by atoms with E-state index in [2.05, 4.69) is 0 Å². The maximum atomic E-state index is 12.8. The quantitative estimate of drug-likeness (QED) is 0.610. The molecule has 3 rings (SSSR count). The van der Waals surface area contributed by atoms with Crippen LogP contribution < -0.4 is 0 Å². The van der Waals surface area contributed by atoms with E-state index >= 15 is 0 Å². The number of ether oxygens (including phenoxy) is 1. The van der Waals surface area contributed by atoms with E-state index in [0.29, 0.717) is 28.5 Å². The number of thioether (sulfide) groups is 1. The maximum Gasteiger partial charge on any atom is 0.314 e. The number of carbonyl (C=O) groups excluding carboxylic acids is 2. The third-order valence-corrected chi connectivity index (χ3v) is 5.17. The van der Waals surface area contributed by atoms with Gasteiger partial charge in [-0.3, -0.25) is 9.59 Å². The van der Waals surface area contributed by atoms with Crippen molar-refractivity contribution in [3.05, 3.63) is 64.2 Å². The Kier molecular flexibility index (Phi) is 4.74. The first-order valence-electron chi connectivity index (χ1n) is 7.34. The molecule has 0 aliphatic carbocycles. The fourth-order valence-electron chi connectivity index (χ4n) is 2.64. The predicted octanol–water partition coefficient (Wildman–Crippen LogP) is 4.32. The fraction of sp³-hybridized carbons (Fsp3) is 0.222. The number of benzene rings is 2. The van der Waals surface area contributed by atoms with Gasteiger partial charge in [0, 0.05) is 26.8 Å². The van der Waals surface area contributed by atoms with Crippen LogP contribution in [0.25, 0.3) is 0 Å². The van der Waals surface area contributed by atoms with Crippen molar-refractivity contribution < 1.29 is 14.3 Å². The Labute approximate surface area is 144 Å². The predicted molar refractivity (Wildman–Crippen MR) is 91.4 cm³/mol. The number of hydrogen-bond donors (Lipinski definition) is 0. The van der Waals surface area contributed by atoms with E-state index in [1.807, 2.05) is 18.2 Å². The third-order valence-electron chi connectivity index (χ3n) is 3.70. The van der Waals surface area contributed by atoms with Gasteiger partial charge >= 0.3 is 5.97 Å². The number of fused-ring (bicyclic) bond motifs is 1. The van der Waals surface area contributed by atoms with Gasteiger partial charge in [-0.05, 0) is 24.6 Å². The van der Waals surface area contributed by atoms with Crippen LogP contribution in [0.2, 0.25) is 5.02 Å². The van der Waals surface area contributed by atoms with Gasteiger partial charge < -0.3 is 4.74 Å². The molecule has 0 N–H and O–H groups in total. The summed E-state index contributed by atoms with van der Waals surface area (Å²) in [7, 11) is 0. The average Bonchev–Trinajstić information content (AvgIpc) is 2.98. The van der Waals surface area contributed by atoms with Crippen LogP contribution in [0, 0.1) is 0 Å². The van der Waals surface area contributed by atoms with Crippen molar-refractivity contribution in [3.63, 3.8) is 0 Å². The van der Waals surface area contributed by atoms with E-state index in [-0.39, 0.29) is 17.7 Å². The molecular weight excluding hydrogens is 332 g/mol. The lowest BCUT2D eigenvalue weighted by Gasteiger charge is -2.12. The summed E-state index contributed by atoms with van der Waals surface area (Å²) < 4.78 is 5.13. The van der Waals surface area contributed by atoms with Crippen molar-refractivity contribution in [1.82, 2.24) is 0 Å². The lowest BCUT2D eigenvalue weighted by Crippen LogP contribution is -2.15. The fourth-order valence-corrected chi connectivity index (χ4v) is 4.19. The van der Waals surface area contributed by atoms with E-state index in [9.17, 15) is 9.59 Å². The Morgan fingerprint density at radius 3 is 2.70 bits per heavy atom. The smallest absolute Gasteiger partial charge is 0.314 e. The van der Waals surface area contributed by atoms with Crippen LogP contribution in [0.1, 0.15) is 34.3 Å². The second kappa shape index (κ2) is 6.77. The van der Waals surface area contributed by atoms with Crippen LogP contribution in [0.4, 0.5) is 0 Å². The molecule has 1 heterocycles. The molecule has 0 bridgehead atoms. The second-order valence-electron chi connectivity index (χ2n) is 5.18. The van der Waals surface area contributed by atoms with E-state index in [0.717, 1.165) is 10.5 Å². The Bertz CT molecular complexity index is 758. The highest BCUT2D eigenvalue weighted by Gasteiger charge is 2.34. The van der Waals surface area contributed by atoms with Crippen molar-refractivity contribution in [3.8, 4) is 0 Å². The zero-order valence-electron chi connectivity index (χ0n) is 12.5. The van der Waals surface area contributed by atoms with Gasteiger partial charge in [0.25, 0.3) is 0 Å². The Morgan fingerprint density at radius 1 is 1.26 bits per heavy atom. The number of hydrogen-bond acceptors (Lipinski definition) is 4. The highest BCUT2D eigenvalue weighted by molar-refractivity contribution is 7.99. The summed E-state index contributed by atoms with van der Waals surface area (Å²) in [6.45, 7) is 2.12. The molecule has 0 fully saturated rings. The normalized spacial score (nSPS) is 16.0. The molecule has 0 saturated carbocycles. The molecule has 2 aromatic carbocycles. The number of rotatable bonds is 4. The average molecular weight is 347 g/mol. The molecule has 1 atom stereocenters. The van der Waals surface area contributed by atoms with Gasteiger partial charge in [0.1, 0.15) is 0 Å². The van der Waals surface area contributed by atoms with Crippen LogP contribution in [-0.2, 0) is 9.53 Å². The lowest BCUT2D eigenvalue weighted by atomic mass is 9.95. The molecule has 1 aliphatic rings. The monoisotopic (exact) mass is 346 g/mol. The zero-order chi connectivity index (χ0) is 16.4. The van der Waals surface area contributed by atoms with Crippen LogP contribution in [0.5, 0.6) is 0 Å². The second-order valence-corrected chi connectivity index (χ2v) is 6.65. The first kappa shape index (κ1) is 16.1. The van der Waals surface area contributed by atoms with Gasteiger partial charge in [0.2, 0.25) is 0 Å². The minimum atomic E-state index is -0.365. The molecule has 2 aromatic rings. The van der Waals surface area contributed by atoms with E-state index < -0.39 is 0 Å². The highest BCUT2D eigenvalue weighted by Crippen LogP contribution is 2.44. The molecule has 3 nitrogen and oxygen atoms in total. The van der Waals surface area contributed by atoms with Gasteiger partial charge in [-0.25, -0.2) is 0 Å². The summed E-state index contributed by atoms with van der Waals surface area (Å²) in [6.07, 6.45) is 0. The summed E-state index contributed by atoms with van der Waals surface area (Å²) in [4.78, 5) is 25.7. The van der Waals surface area contributed by atoms with Gasteiger partial charge in [0.05, 0.1) is 12.5 Å². The van der Waals surface area contributed by atoms with Gasteiger partial charge in [-0.15, -0.1) is 11.8 Å². The summed E-state index contributed by atoms with van der Waals surface area (Å²) in [5, 5.41) is 0.458. The van der Waals surface area contributed by atoms with E-state index in [4.69, 9.17) is 16.3 Å². The molecule has 0 unspecified atom stereocenters. The zero-order valence-corrected chi connectivity index (χ0v) is 14.1. The third kappa shape index (κ3) is 3.14. The molecule has 0 radical (unpaired) electrons. The molecule has 0 amide bonds. The van der Waals surface area contributed by atoms with Crippen molar-refractivity contribution in [1.29, 1.82) is 0 Å². The van der Waals surface area contributed by atoms with E-state index in [1.165, 1.54) is 11.8 Å². The Balaban J connectivity index is 2.03. The highest BCUT2D eigenvalue weighted by atomic mass is 35.5. The number of esters is 1. The van der Waals surface area contributed by atoms with Crippen LogP contribution >= 0.6 is 23.4 Å². The SMILES string of the molecule is CCOC(=O)[C@@H]1CSc2c(C(=O)c3ccccc3)cc(Cl)cc21. The minimum absolute atomic E-state index is 0.0821. The number of ketones is 1. The molecule has 23 heavy (non-hydrogen) atoms. The maximum absolute atomic E-state index is 12.8. The molecule has 0 saturated heterocycles. The van der Waals surface area contributed by atoms with E-state index in [1.54, 1.807) is 31.2 Å². The van der Waals surface area contributed by atoms with Crippen molar-refractivity contribution in [2.24, 2.45) is 0 Å². The lowest BCUT2D eigenvalue weighted by molar-refractivity contribution is -0.144. The van der Waals surface area contributed by atoms with Crippen LogP contribution in [-0.4, -0.2) is 24.1 Å².